The quantitative estimate of drug-likeness (QED) is 0.340. The smallest absolute Gasteiger partial charge is 0.334 e. The van der Waals surface area contributed by atoms with Crippen molar-refractivity contribution in [2.45, 2.75) is 64.4 Å². The molecule has 0 aromatic heterocycles. The average Bonchev–Trinajstić information content (AvgIpc) is 3.26. The fourth-order valence-electron chi connectivity index (χ4n) is 5.16. The van der Waals surface area contributed by atoms with Crippen molar-refractivity contribution in [1.82, 2.24) is 0 Å². The Hall–Kier alpha value is -1.62. The van der Waals surface area contributed by atoms with Crippen molar-refractivity contribution in [1.29, 1.82) is 0 Å². The van der Waals surface area contributed by atoms with Gasteiger partial charge in [-0.15, -0.1) is 0 Å². The highest BCUT2D eigenvalue weighted by Gasteiger charge is 2.70. The Balaban J connectivity index is 1.60. The van der Waals surface area contributed by atoms with Crippen LogP contribution in [0, 0.1) is 23.2 Å². The summed E-state index contributed by atoms with van der Waals surface area (Å²) in [7, 11) is 0. The number of rotatable bonds is 3. The Bertz CT molecular complexity index is 665. The molecule has 0 bridgehead atoms. The molecule has 5 nitrogen and oxygen atoms in total. The number of ether oxygens (including phenoxy) is 3. The first-order valence-corrected chi connectivity index (χ1v) is 9.17. The number of hydrogen-bond acceptors (Lipinski definition) is 5. The molecule has 0 radical (unpaired) electrons. The standard InChI is InChI=1S/C20H26O5/c1-9(2)8-13(21)23-15-11(4)14-16-12(10(3)19(22)25-16)6-7-20(14,5)18-17(15)24-18/h9,12,14-18H,3-4,6-8H2,1-2,5H3. The van der Waals surface area contributed by atoms with E-state index in [4.69, 9.17) is 14.2 Å². The van der Waals surface area contributed by atoms with Gasteiger partial charge in [-0.3, -0.25) is 4.79 Å². The Morgan fingerprint density at radius 3 is 2.76 bits per heavy atom. The first-order chi connectivity index (χ1) is 11.7. The van der Waals surface area contributed by atoms with Gasteiger partial charge in [0.05, 0.1) is 6.10 Å². The van der Waals surface area contributed by atoms with Gasteiger partial charge in [0.15, 0.2) is 6.10 Å². The van der Waals surface area contributed by atoms with Crippen molar-refractivity contribution in [3.63, 3.8) is 0 Å². The van der Waals surface area contributed by atoms with E-state index < -0.39 is 6.10 Å². The lowest BCUT2D eigenvalue weighted by Crippen LogP contribution is -2.54. The Morgan fingerprint density at radius 1 is 1.36 bits per heavy atom. The Kier molecular flexibility index (Phi) is 3.66. The summed E-state index contributed by atoms with van der Waals surface area (Å²) in [6.45, 7) is 14.3. The molecule has 2 saturated heterocycles. The maximum absolute atomic E-state index is 12.2. The first-order valence-electron chi connectivity index (χ1n) is 9.17. The molecule has 0 spiro atoms. The molecule has 2 heterocycles. The van der Waals surface area contributed by atoms with Crippen LogP contribution in [0.1, 0.15) is 40.0 Å². The van der Waals surface area contributed by atoms with Crippen LogP contribution in [0.3, 0.4) is 0 Å². The Morgan fingerprint density at radius 2 is 2.08 bits per heavy atom. The Labute approximate surface area is 148 Å². The number of esters is 2. The van der Waals surface area contributed by atoms with Crippen molar-refractivity contribution in [3.05, 3.63) is 24.3 Å². The van der Waals surface area contributed by atoms with Gasteiger partial charge in [-0.25, -0.2) is 4.79 Å². The molecule has 2 aliphatic heterocycles. The summed E-state index contributed by atoms with van der Waals surface area (Å²) < 4.78 is 17.4. The van der Waals surface area contributed by atoms with Gasteiger partial charge in [-0.2, -0.15) is 0 Å². The first kappa shape index (κ1) is 16.8. The predicted octanol–water partition coefficient (Wildman–Crippen LogP) is 2.80. The van der Waals surface area contributed by atoms with E-state index in [0.717, 1.165) is 18.4 Å². The second kappa shape index (κ2) is 5.44. The predicted molar refractivity (Wildman–Crippen MR) is 90.5 cm³/mol. The lowest BCUT2D eigenvalue weighted by Gasteiger charge is -2.49. The average molecular weight is 346 g/mol. The topological polar surface area (TPSA) is 65.1 Å². The van der Waals surface area contributed by atoms with E-state index in [1.165, 1.54) is 0 Å². The number of carbonyl (C=O) groups excluding carboxylic acids is 2. The molecule has 4 fully saturated rings. The second-order valence-electron chi connectivity index (χ2n) is 8.63. The molecule has 4 rings (SSSR count). The minimum Gasteiger partial charge on any atom is -0.458 e. The number of hydrogen-bond donors (Lipinski definition) is 0. The summed E-state index contributed by atoms with van der Waals surface area (Å²) in [5, 5.41) is 0. The minimum absolute atomic E-state index is 0.0321. The molecule has 7 atom stereocenters. The van der Waals surface area contributed by atoms with Gasteiger partial charge in [0.1, 0.15) is 12.2 Å². The van der Waals surface area contributed by atoms with Crippen LogP contribution in [0.5, 0.6) is 0 Å². The molecule has 0 aromatic rings. The summed E-state index contributed by atoms with van der Waals surface area (Å²) in [6.07, 6.45) is 1.40. The van der Waals surface area contributed by atoms with E-state index in [0.29, 0.717) is 12.0 Å². The number of fused-ring (bicyclic) bond motifs is 5. The zero-order chi connectivity index (χ0) is 18.1. The summed E-state index contributed by atoms with van der Waals surface area (Å²) in [6, 6.07) is 0. The van der Waals surface area contributed by atoms with Gasteiger partial charge in [0, 0.05) is 29.2 Å². The van der Waals surface area contributed by atoms with E-state index in [2.05, 4.69) is 20.1 Å². The van der Waals surface area contributed by atoms with E-state index in [-0.39, 0.29) is 53.4 Å². The molecule has 25 heavy (non-hydrogen) atoms. The molecule has 2 saturated carbocycles. The fraction of sp³-hybridized carbons (Fsp3) is 0.700. The van der Waals surface area contributed by atoms with Crippen LogP contribution in [-0.4, -0.2) is 36.4 Å². The number of epoxide rings is 1. The van der Waals surface area contributed by atoms with Gasteiger partial charge < -0.3 is 14.2 Å². The molecular weight excluding hydrogens is 320 g/mol. The molecule has 5 heteroatoms. The fourth-order valence-corrected chi connectivity index (χ4v) is 5.16. The van der Waals surface area contributed by atoms with Crippen LogP contribution in [0.2, 0.25) is 0 Å². The van der Waals surface area contributed by atoms with Crippen molar-refractivity contribution in [2.24, 2.45) is 23.2 Å². The lowest BCUT2D eigenvalue weighted by atomic mass is 9.55. The van der Waals surface area contributed by atoms with E-state index in [1.54, 1.807) is 0 Å². The van der Waals surface area contributed by atoms with Gasteiger partial charge in [-0.05, 0) is 24.3 Å². The van der Waals surface area contributed by atoms with Crippen molar-refractivity contribution in [3.8, 4) is 0 Å². The van der Waals surface area contributed by atoms with Crippen molar-refractivity contribution < 1.29 is 23.8 Å². The molecule has 0 amide bonds. The van der Waals surface area contributed by atoms with Gasteiger partial charge in [0.25, 0.3) is 0 Å². The highest BCUT2D eigenvalue weighted by molar-refractivity contribution is 5.91. The van der Waals surface area contributed by atoms with Crippen LogP contribution in [0.25, 0.3) is 0 Å². The summed E-state index contributed by atoms with van der Waals surface area (Å²) in [5.74, 6) is -0.318. The third-order valence-corrected chi connectivity index (χ3v) is 6.45. The van der Waals surface area contributed by atoms with Gasteiger partial charge in [-0.1, -0.05) is 33.9 Å². The number of carbonyl (C=O) groups is 2. The molecule has 2 aliphatic carbocycles. The van der Waals surface area contributed by atoms with Crippen LogP contribution >= 0.6 is 0 Å². The van der Waals surface area contributed by atoms with Crippen LogP contribution in [0.15, 0.2) is 24.3 Å². The van der Waals surface area contributed by atoms with Crippen LogP contribution in [-0.2, 0) is 23.8 Å². The highest BCUT2D eigenvalue weighted by atomic mass is 16.6. The SMILES string of the molecule is C=C1C(=O)OC2C1CCC1(C)C3OC3C(OC(=O)CC(C)C)C(=C)C21. The highest BCUT2D eigenvalue weighted by Crippen LogP contribution is 2.63. The zero-order valence-electron chi connectivity index (χ0n) is 15.1. The van der Waals surface area contributed by atoms with E-state index >= 15 is 0 Å². The summed E-state index contributed by atoms with van der Waals surface area (Å²) >= 11 is 0. The van der Waals surface area contributed by atoms with Crippen molar-refractivity contribution in [2.75, 3.05) is 0 Å². The third-order valence-electron chi connectivity index (χ3n) is 6.45. The minimum atomic E-state index is -0.444. The van der Waals surface area contributed by atoms with Crippen molar-refractivity contribution >= 4 is 11.9 Å². The maximum Gasteiger partial charge on any atom is 0.334 e. The van der Waals surface area contributed by atoms with E-state index in [1.807, 2.05) is 13.8 Å². The molecule has 7 unspecified atom stereocenters. The largest absolute Gasteiger partial charge is 0.458 e. The van der Waals surface area contributed by atoms with Gasteiger partial charge in [0.2, 0.25) is 0 Å². The maximum atomic E-state index is 12.2. The van der Waals surface area contributed by atoms with Crippen LogP contribution in [0.4, 0.5) is 0 Å². The molecule has 0 N–H and O–H groups in total. The molecular formula is C20H26O5. The second-order valence-corrected chi connectivity index (χ2v) is 8.63. The van der Waals surface area contributed by atoms with Gasteiger partial charge >= 0.3 is 11.9 Å². The monoisotopic (exact) mass is 346 g/mol. The zero-order valence-corrected chi connectivity index (χ0v) is 15.1. The molecule has 136 valence electrons. The normalized spacial score (nSPS) is 44.7. The summed E-state index contributed by atoms with van der Waals surface area (Å²) in [5.41, 5.74) is 1.26. The summed E-state index contributed by atoms with van der Waals surface area (Å²) in [4.78, 5) is 24.2. The lowest BCUT2D eigenvalue weighted by molar-refractivity contribution is -0.154. The molecule has 0 aromatic carbocycles. The third kappa shape index (κ3) is 2.39. The molecule has 4 aliphatic rings. The van der Waals surface area contributed by atoms with Crippen LogP contribution < -0.4 is 0 Å². The van der Waals surface area contributed by atoms with E-state index in [9.17, 15) is 9.59 Å².